The van der Waals surface area contributed by atoms with Gasteiger partial charge < -0.3 is 15.0 Å². The molecule has 6 nitrogen and oxygen atoms in total. The lowest BCUT2D eigenvalue weighted by Crippen LogP contribution is -2.38. The van der Waals surface area contributed by atoms with Gasteiger partial charge >= 0.3 is 6.09 Å². The van der Waals surface area contributed by atoms with Crippen molar-refractivity contribution in [3.8, 4) is 12.3 Å². The topological polar surface area (TPSA) is 71.5 Å². The number of nitrogens with one attached hydrogen (secondary N) is 1. The Labute approximate surface area is 168 Å². The normalized spacial score (nSPS) is 14.4. The molecule has 0 saturated carbocycles. The molecule has 28 heavy (non-hydrogen) atoms. The van der Waals surface area contributed by atoms with Crippen LogP contribution in [0.4, 0.5) is 4.79 Å². The summed E-state index contributed by atoms with van der Waals surface area (Å²) in [7, 11) is 0. The summed E-state index contributed by atoms with van der Waals surface area (Å²) in [4.78, 5) is 30.4. The molecule has 1 fully saturated rings. The van der Waals surface area contributed by atoms with Gasteiger partial charge in [0.25, 0.3) is 5.91 Å². The Morgan fingerprint density at radius 3 is 2.89 bits per heavy atom. The van der Waals surface area contributed by atoms with E-state index in [1.807, 2.05) is 25.1 Å². The summed E-state index contributed by atoms with van der Waals surface area (Å²) >= 11 is 1.50. The molecule has 0 aliphatic carbocycles. The van der Waals surface area contributed by atoms with Crippen LogP contribution in [-0.2, 0) is 11.3 Å². The van der Waals surface area contributed by atoms with Gasteiger partial charge in [0, 0.05) is 30.9 Å². The van der Waals surface area contributed by atoms with Gasteiger partial charge in [-0.3, -0.25) is 4.79 Å². The number of carbonyl (C=O) groups is 2. The highest BCUT2D eigenvalue weighted by Crippen LogP contribution is 2.30. The first-order valence-corrected chi connectivity index (χ1v) is 10.1. The molecule has 1 aliphatic rings. The SMILES string of the molecule is C#CCOC(=O)N1CCC(c2nc(C(=O)NCc3cccc(C)c3)cs2)CC1. The molecule has 2 aromatic rings. The van der Waals surface area contributed by atoms with Gasteiger partial charge in [-0.1, -0.05) is 35.7 Å². The van der Waals surface area contributed by atoms with Crippen LogP contribution in [0.5, 0.6) is 0 Å². The zero-order valence-corrected chi connectivity index (χ0v) is 16.6. The summed E-state index contributed by atoms with van der Waals surface area (Å²) in [5.41, 5.74) is 2.67. The van der Waals surface area contributed by atoms with Crippen molar-refractivity contribution in [2.24, 2.45) is 0 Å². The first-order valence-electron chi connectivity index (χ1n) is 9.21. The van der Waals surface area contributed by atoms with Crippen LogP contribution in [0.3, 0.4) is 0 Å². The van der Waals surface area contributed by atoms with E-state index in [9.17, 15) is 9.59 Å². The Bertz CT molecular complexity index is 879. The highest BCUT2D eigenvalue weighted by Gasteiger charge is 2.27. The third-order valence-electron chi connectivity index (χ3n) is 4.67. The maximum Gasteiger partial charge on any atom is 0.410 e. The molecule has 2 amide bonds. The van der Waals surface area contributed by atoms with E-state index in [1.165, 1.54) is 11.3 Å². The van der Waals surface area contributed by atoms with Crippen molar-refractivity contribution in [2.45, 2.75) is 32.2 Å². The molecule has 0 atom stereocenters. The second kappa shape index (κ2) is 9.38. The maximum atomic E-state index is 12.4. The summed E-state index contributed by atoms with van der Waals surface area (Å²) in [5.74, 6) is 2.38. The number of nitrogens with zero attached hydrogens (tertiary/aromatic N) is 2. The lowest BCUT2D eigenvalue weighted by atomic mass is 9.98. The number of aryl methyl sites for hydroxylation is 1. The maximum absolute atomic E-state index is 12.4. The number of benzene rings is 1. The molecule has 1 N–H and O–H groups in total. The van der Waals surface area contributed by atoms with Crippen LogP contribution in [0.25, 0.3) is 0 Å². The molecule has 0 radical (unpaired) electrons. The van der Waals surface area contributed by atoms with E-state index in [2.05, 4.69) is 22.3 Å². The Hall–Kier alpha value is -2.85. The van der Waals surface area contributed by atoms with Gasteiger partial charge in [-0.25, -0.2) is 9.78 Å². The van der Waals surface area contributed by atoms with Crippen LogP contribution < -0.4 is 5.32 Å². The minimum Gasteiger partial charge on any atom is -0.436 e. The molecule has 1 aliphatic heterocycles. The summed E-state index contributed by atoms with van der Waals surface area (Å²) < 4.78 is 4.96. The number of carbonyl (C=O) groups excluding carboxylic acids is 2. The van der Waals surface area contributed by atoms with Crippen LogP contribution in [0, 0.1) is 19.3 Å². The predicted molar refractivity (Wildman–Crippen MR) is 108 cm³/mol. The molecule has 7 heteroatoms. The number of terminal acetylenes is 1. The van der Waals surface area contributed by atoms with E-state index in [1.54, 1.807) is 10.3 Å². The fraction of sp³-hybridized carbons (Fsp3) is 0.381. The molecule has 0 bridgehead atoms. The number of hydrogen-bond acceptors (Lipinski definition) is 5. The first kappa shape index (κ1) is 19.9. The quantitative estimate of drug-likeness (QED) is 0.786. The van der Waals surface area contributed by atoms with Gasteiger partial charge in [0.15, 0.2) is 6.61 Å². The van der Waals surface area contributed by atoms with Crippen molar-refractivity contribution < 1.29 is 14.3 Å². The van der Waals surface area contributed by atoms with E-state index in [4.69, 9.17) is 11.2 Å². The number of likely N-dealkylation sites (tertiary alicyclic amines) is 1. The van der Waals surface area contributed by atoms with Gasteiger partial charge in [-0.15, -0.1) is 17.8 Å². The van der Waals surface area contributed by atoms with E-state index in [0.29, 0.717) is 25.3 Å². The van der Waals surface area contributed by atoms with E-state index in [-0.39, 0.29) is 24.5 Å². The van der Waals surface area contributed by atoms with Crippen LogP contribution in [0.2, 0.25) is 0 Å². The summed E-state index contributed by atoms with van der Waals surface area (Å²) in [6, 6.07) is 8.04. The number of aromatic nitrogens is 1. The molecule has 146 valence electrons. The van der Waals surface area contributed by atoms with Crippen molar-refractivity contribution >= 4 is 23.3 Å². The monoisotopic (exact) mass is 397 g/mol. The lowest BCUT2D eigenvalue weighted by Gasteiger charge is -2.30. The van der Waals surface area contributed by atoms with Crippen LogP contribution in [-0.4, -0.2) is 41.6 Å². The fourth-order valence-electron chi connectivity index (χ4n) is 3.18. The zero-order chi connectivity index (χ0) is 19.9. The molecule has 1 saturated heterocycles. The average Bonchev–Trinajstić information content (AvgIpc) is 3.21. The largest absolute Gasteiger partial charge is 0.436 e. The average molecular weight is 398 g/mol. The second-order valence-electron chi connectivity index (χ2n) is 6.76. The lowest BCUT2D eigenvalue weighted by molar-refractivity contribution is 0.0946. The highest BCUT2D eigenvalue weighted by atomic mass is 32.1. The summed E-state index contributed by atoms with van der Waals surface area (Å²) in [6.45, 7) is 3.70. The number of piperidine rings is 1. The number of rotatable bonds is 5. The third-order valence-corrected chi connectivity index (χ3v) is 5.68. The standard InChI is InChI=1S/C21H23N3O3S/c1-3-11-27-21(26)24-9-7-17(8-10-24)20-23-18(14-28-20)19(25)22-13-16-6-4-5-15(2)12-16/h1,4-6,12,14,17H,7-11,13H2,2H3,(H,22,25). The van der Waals surface area contributed by atoms with Crippen LogP contribution in [0.15, 0.2) is 29.6 Å². The fourth-order valence-corrected chi connectivity index (χ4v) is 4.15. The van der Waals surface area contributed by atoms with Crippen molar-refractivity contribution in [1.29, 1.82) is 0 Å². The summed E-state index contributed by atoms with van der Waals surface area (Å²) in [6.07, 6.45) is 6.33. The predicted octanol–water partition coefficient (Wildman–Crippen LogP) is 3.33. The molecule has 3 rings (SSSR count). The Morgan fingerprint density at radius 1 is 1.39 bits per heavy atom. The molecule has 1 aromatic carbocycles. The second-order valence-corrected chi connectivity index (χ2v) is 7.65. The summed E-state index contributed by atoms with van der Waals surface area (Å²) in [5, 5.41) is 5.66. The molecule has 2 heterocycles. The number of ether oxygens (including phenoxy) is 1. The van der Waals surface area contributed by atoms with Crippen molar-refractivity contribution in [1.82, 2.24) is 15.2 Å². The number of thiazole rings is 1. The van der Waals surface area contributed by atoms with Crippen molar-refractivity contribution in [2.75, 3.05) is 19.7 Å². The van der Waals surface area contributed by atoms with Gasteiger partial charge in [0.05, 0.1) is 5.01 Å². The Kier molecular flexibility index (Phi) is 6.66. The Morgan fingerprint density at radius 2 is 2.18 bits per heavy atom. The van der Waals surface area contributed by atoms with Gasteiger partial charge in [0.2, 0.25) is 0 Å². The van der Waals surface area contributed by atoms with Gasteiger partial charge in [-0.05, 0) is 25.3 Å². The molecule has 0 unspecified atom stereocenters. The van der Waals surface area contributed by atoms with Crippen LogP contribution >= 0.6 is 11.3 Å². The minimum atomic E-state index is -0.369. The van der Waals surface area contributed by atoms with E-state index < -0.39 is 0 Å². The third kappa shape index (κ3) is 5.11. The molecule has 1 aromatic heterocycles. The zero-order valence-electron chi connectivity index (χ0n) is 15.8. The molecular formula is C21H23N3O3S. The number of amides is 2. The van der Waals surface area contributed by atoms with Crippen molar-refractivity contribution in [3.63, 3.8) is 0 Å². The smallest absolute Gasteiger partial charge is 0.410 e. The molecule has 0 spiro atoms. The first-order chi connectivity index (χ1) is 13.6. The van der Waals surface area contributed by atoms with Gasteiger partial charge in [0.1, 0.15) is 5.69 Å². The van der Waals surface area contributed by atoms with E-state index in [0.717, 1.165) is 29.0 Å². The highest BCUT2D eigenvalue weighted by molar-refractivity contribution is 7.09. The van der Waals surface area contributed by atoms with Crippen molar-refractivity contribution in [3.05, 3.63) is 51.5 Å². The van der Waals surface area contributed by atoms with Gasteiger partial charge in [-0.2, -0.15) is 0 Å². The Balaban J connectivity index is 1.51. The minimum absolute atomic E-state index is 0.00767. The van der Waals surface area contributed by atoms with Crippen LogP contribution in [0.1, 0.15) is 45.4 Å². The molecular weight excluding hydrogens is 374 g/mol. The number of hydrogen-bond donors (Lipinski definition) is 1. The van der Waals surface area contributed by atoms with E-state index >= 15 is 0 Å².